The van der Waals surface area contributed by atoms with E-state index in [1.54, 1.807) is 0 Å². The van der Waals surface area contributed by atoms with Crippen LogP contribution in [0.1, 0.15) is 38.5 Å². The summed E-state index contributed by atoms with van der Waals surface area (Å²) >= 11 is 0. The summed E-state index contributed by atoms with van der Waals surface area (Å²) in [7, 11) is 0. The molecule has 0 saturated heterocycles. The van der Waals surface area contributed by atoms with Gasteiger partial charge in [-0.05, 0) is 44.6 Å². The van der Waals surface area contributed by atoms with Gasteiger partial charge < -0.3 is 0 Å². The van der Waals surface area contributed by atoms with Gasteiger partial charge in [-0.25, -0.2) is 0 Å². The maximum atomic E-state index is 3.29. The van der Waals surface area contributed by atoms with Crippen LogP contribution in [0.2, 0.25) is 0 Å². The molecule has 0 aromatic heterocycles. The first-order valence-corrected chi connectivity index (χ1v) is 5.50. The molecule has 0 aromatic rings. The van der Waals surface area contributed by atoms with Gasteiger partial charge in [-0.15, -0.1) is 0 Å². The Morgan fingerprint density at radius 3 is 2.07 bits per heavy atom. The summed E-state index contributed by atoms with van der Waals surface area (Å²) in [4.78, 5) is 0. The average molecular weight is 187 g/mol. The lowest BCUT2D eigenvalue weighted by molar-refractivity contribution is 1.00. The van der Waals surface area contributed by atoms with Crippen LogP contribution < -0.4 is 0 Å². The number of allylic oxidation sites excluding steroid dienone is 8. The zero-order valence-corrected chi connectivity index (χ0v) is 8.78. The van der Waals surface area contributed by atoms with Gasteiger partial charge in [-0.1, -0.05) is 42.5 Å². The smallest absolute Gasteiger partial charge is 0.0163 e. The Bertz CT molecular complexity index is 178. The normalized spacial score (nSPS) is 28.6. The predicted octanol–water partition coefficient (Wildman–Crippen LogP) is 4.37. The fourth-order valence-electron chi connectivity index (χ4n) is 1.33. The molecule has 0 nitrogen and oxygen atoms in total. The minimum Gasteiger partial charge on any atom is -0.0879 e. The quantitative estimate of drug-likeness (QED) is 0.494. The molecule has 1 aliphatic rings. The van der Waals surface area contributed by atoms with E-state index in [2.05, 4.69) is 48.6 Å². The molecule has 0 unspecified atom stereocenters. The maximum absolute atomic E-state index is 3.29. The third kappa shape index (κ3) is 6.47. The number of hydrogen-bond acceptors (Lipinski definition) is 0. The highest BCUT2D eigenvalue weighted by Crippen LogP contribution is 2.00. The second-order valence-electron chi connectivity index (χ2n) is 3.41. The van der Waals surface area contributed by atoms with Gasteiger partial charge in [-0.2, -0.15) is 0 Å². The van der Waals surface area contributed by atoms with Crippen molar-refractivity contribution in [3.63, 3.8) is 0 Å². The summed E-state index contributed by atoms with van der Waals surface area (Å²) < 4.78 is 0. The van der Waals surface area contributed by atoms with Crippen LogP contribution in [0.15, 0.2) is 42.5 Å². The van der Waals surface area contributed by atoms with E-state index in [1.165, 1.54) is 0 Å². The van der Waals surface area contributed by atoms with Gasteiger partial charge in [0.1, 0.15) is 0 Å². The SMILES string of the molecule is [C]1=C/C/C=C/CC/C=C/C/C=C/CC/1. The molecular weight excluding hydrogens is 168 g/mol. The van der Waals surface area contributed by atoms with Gasteiger partial charge in [0.15, 0.2) is 0 Å². The summed E-state index contributed by atoms with van der Waals surface area (Å²) in [6.07, 6.45) is 25.5. The minimum absolute atomic E-state index is 1.04. The Kier molecular flexibility index (Phi) is 6.74. The zero-order valence-electron chi connectivity index (χ0n) is 8.78. The maximum Gasteiger partial charge on any atom is -0.0163 e. The van der Waals surface area contributed by atoms with Gasteiger partial charge >= 0.3 is 0 Å². The van der Waals surface area contributed by atoms with E-state index >= 15 is 0 Å². The lowest BCUT2D eigenvalue weighted by Gasteiger charge is -1.90. The second-order valence-corrected chi connectivity index (χ2v) is 3.41. The van der Waals surface area contributed by atoms with Crippen LogP contribution in [0.3, 0.4) is 0 Å². The summed E-state index contributed by atoms with van der Waals surface area (Å²) in [5, 5.41) is 0. The Balaban J connectivity index is 2.33. The van der Waals surface area contributed by atoms with Crippen molar-refractivity contribution >= 4 is 0 Å². The largest absolute Gasteiger partial charge is 0.0879 e. The highest BCUT2D eigenvalue weighted by molar-refractivity contribution is 4.96. The van der Waals surface area contributed by atoms with Gasteiger partial charge in [-0.3, -0.25) is 0 Å². The van der Waals surface area contributed by atoms with Crippen LogP contribution in [0.5, 0.6) is 0 Å². The Labute approximate surface area is 87.7 Å². The molecule has 1 rings (SSSR count). The van der Waals surface area contributed by atoms with E-state index in [0.29, 0.717) is 0 Å². The van der Waals surface area contributed by atoms with Gasteiger partial charge in [0, 0.05) is 0 Å². The van der Waals surface area contributed by atoms with E-state index < -0.39 is 0 Å². The topological polar surface area (TPSA) is 0 Å². The van der Waals surface area contributed by atoms with E-state index in [4.69, 9.17) is 0 Å². The van der Waals surface area contributed by atoms with Crippen molar-refractivity contribution < 1.29 is 0 Å². The minimum atomic E-state index is 1.04. The van der Waals surface area contributed by atoms with Crippen LogP contribution in [0, 0.1) is 6.08 Å². The van der Waals surface area contributed by atoms with Crippen LogP contribution in [0.25, 0.3) is 0 Å². The molecule has 14 heavy (non-hydrogen) atoms. The molecule has 0 aromatic carbocycles. The molecule has 0 amide bonds. The summed E-state index contributed by atoms with van der Waals surface area (Å²) in [5.74, 6) is 0. The van der Waals surface area contributed by atoms with Crippen LogP contribution in [-0.4, -0.2) is 0 Å². The van der Waals surface area contributed by atoms with Crippen molar-refractivity contribution in [3.05, 3.63) is 48.6 Å². The van der Waals surface area contributed by atoms with Crippen LogP contribution in [-0.2, 0) is 0 Å². The molecule has 0 fully saturated rings. The van der Waals surface area contributed by atoms with Gasteiger partial charge in [0.05, 0.1) is 0 Å². The van der Waals surface area contributed by atoms with Crippen LogP contribution >= 0.6 is 0 Å². The lowest BCUT2D eigenvalue weighted by Crippen LogP contribution is -1.70. The average Bonchev–Trinajstić information content (AvgIpc) is 2.22. The first kappa shape index (κ1) is 11.0. The van der Waals surface area contributed by atoms with Crippen molar-refractivity contribution in [1.29, 1.82) is 0 Å². The molecule has 0 heteroatoms. The monoisotopic (exact) mass is 187 g/mol. The second kappa shape index (κ2) is 8.55. The van der Waals surface area contributed by atoms with Crippen molar-refractivity contribution in [2.45, 2.75) is 38.5 Å². The van der Waals surface area contributed by atoms with E-state index in [9.17, 15) is 0 Å². The van der Waals surface area contributed by atoms with E-state index in [1.807, 2.05) is 0 Å². The molecule has 1 radical (unpaired) electrons. The molecule has 0 heterocycles. The molecule has 1 aliphatic carbocycles. The first-order valence-electron chi connectivity index (χ1n) is 5.50. The Morgan fingerprint density at radius 1 is 0.643 bits per heavy atom. The van der Waals surface area contributed by atoms with Gasteiger partial charge in [0.2, 0.25) is 0 Å². The highest BCUT2D eigenvalue weighted by atomic mass is 13.9. The Morgan fingerprint density at radius 2 is 1.29 bits per heavy atom. The first-order chi connectivity index (χ1) is 7.00. The number of hydrogen-bond donors (Lipinski definition) is 0. The zero-order chi connectivity index (χ0) is 9.90. The molecule has 0 saturated carbocycles. The van der Waals surface area contributed by atoms with Crippen molar-refractivity contribution in [3.8, 4) is 0 Å². The molecular formula is C14H19. The molecule has 0 atom stereocenters. The van der Waals surface area contributed by atoms with Crippen LogP contribution in [0.4, 0.5) is 0 Å². The lowest BCUT2D eigenvalue weighted by atomic mass is 10.2. The summed E-state index contributed by atoms with van der Waals surface area (Å²) in [5.41, 5.74) is 0. The standard InChI is InChI=1S/C14H19/c1-2-4-6-8-10-12-14-13-11-9-7-5-3-1/h1-2,5,7-8,10,14H,3-4,6,9,11-12H2/b2-1+,7-5+,10-8+,14-13?. The van der Waals surface area contributed by atoms with Crippen molar-refractivity contribution in [1.82, 2.24) is 0 Å². The fourth-order valence-corrected chi connectivity index (χ4v) is 1.33. The van der Waals surface area contributed by atoms with E-state index in [-0.39, 0.29) is 0 Å². The highest BCUT2D eigenvalue weighted by Gasteiger charge is 1.80. The third-order valence-corrected chi connectivity index (χ3v) is 2.13. The van der Waals surface area contributed by atoms with E-state index in [0.717, 1.165) is 38.5 Å². The molecule has 0 bridgehead atoms. The molecule has 0 spiro atoms. The van der Waals surface area contributed by atoms with Crippen molar-refractivity contribution in [2.75, 3.05) is 0 Å². The third-order valence-electron chi connectivity index (χ3n) is 2.13. The molecule has 0 N–H and O–H groups in total. The Hall–Kier alpha value is -1.04. The summed E-state index contributed by atoms with van der Waals surface area (Å²) in [6.45, 7) is 0. The fraction of sp³-hybridized carbons (Fsp3) is 0.429. The number of rotatable bonds is 0. The van der Waals surface area contributed by atoms with Gasteiger partial charge in [0.25, 0.3) is 0 Å². The van der Waals surface area contributed by atoms with Crippen molar-refractivity contribution in [2.24, 2.45) is 0 Å². The summed E-state index contributed by atoms with van der Waals surface area (Å²) in [6, 6.07) is 0. The predicted molar refractivity (Wildman–Crippen MR) is 62.9 cm³/mol. The molecule has 0 aliphatic heterocycles. The molecule has 75 valence electrons.